The predicted octanol–water partition coefficient (Wildman–Crippen LogP) is 2.84. The van der Waals surface area contributed by atoms with Gasteiger partial charge in [0.25, 0.3) is 5.91 Å². The van der Waals surface area contributed by atoms with Crippen molar-refractivity contribution < 1.29 is 23.9 Å². The summed E-state index contributed by atoms with van der Waals surface area (Å²) < 4.78 is 5.42. The molecule has 28 heavy (non-hydrogen) atoms. The van der Waals surface area contributed by atoms with Gasteiger partial charge in [-0.15, -0.1) is 0 Å². The minimum absolute atomic E-state index is 0.0666. The van der Waals surface area contributed by atoms with Gasteiger partial charge in [-0.1, -0.05) is 0 Å². The number of nitrogens with zero attached hydrogens (tertiary/aromatic N) is 1. The Morgan fingerprint density at radius 2 is 1.61 bits per heavy atom. The van der Waals surface area contributed by atoms with Crippen molar-refractivity contribution in [1.29, 1.82) is 0 Å². The van der Waals surface area contributed by atoms with Crippen LogP contribution in [-0.2, 0) is 9.59 Å². The number of fused-ring (bicyclic) bond motifs is 1. The fraction of sp³-hybridized carbons (Fsp3) is 0.238. The number of ether oxygens (including phenoxy) is 1. The standard InChI is InChI=1S/C21H20N2O5/c1-12(21(27)22-17-7-4-15(5-8-17)13(2)24)23-18-10-16(14(3)25)6-9-19(18)28-11-20(23)26/h4-10,12H,11H2,1-3H3,(H,22,27). The van der Waals surface area contributed by atoms with E-state index in [-0.39, 0.29) is 24.1 Å². The van der Waals surface area contributed by atoms with Crippen molar-refractivity contribution in [2.75, 3.05) is 16.8 Å². The molecule has 1 heterocycles. The molecule has 2 aromatic carbocycles. The van der Waals surface area contributed by atoms with E-state index in [0.29, 0.717) is 28.3 Å². The number of rotatable bonds is 5. The number of anilines is 2. The fourth-order valence-corrected chi connectivity index (χ4v) is 2.97. The van der Waals surface area contributed by atoms with Crippen LogP contribution in [0.4, 0.5) is 11.4 Å². The molecule has 0 fully saturated rings. The Hall–Kier alpha value is -3.48. The third kappa shape index (κ3) is 3.78. The van der Waals surface area contributed by atoms with Gasteiger partial charge < -0.3 is 10.1 Å². The summed E-state index contributed by atoms with van der Waals surface area (Å²) in [5.41, 5.74) is 1.87. The van der Waals surface area contributed by atoms with Gasteiger partial charge in [-0.3, -0.25) is 24.1 Å². The first-order valence-corrected chi connectivity index (χ1v) is 8.79. The molecule has 0 saturated carbocycles. The van der Waals surface area contributed by atoms with Crippen LogP contribution in [0.25, 0.3) is 0 Å². The van der Waals surface area contributed by atoms with Crippen LogP contribution in [0, 0.1) is 0 Å². The third-order valence-electron chi connectivity index (χ3n) is 4.57. The molecule has 1 aliphatic rings. The minimum atomic E-state index is -0.829. The summed E-state index contributed by atoms with van der Waals surface area (Å²) in [6.07, 6.45) is 0. The van der Waals surface area contributed by atoms with E-state index in [4.69, 9.17) is 4.74 Å². The highest BCUT2D eigenvalue weighted by Crippen LogP contribution is 2.34. The molecule has 2 amide bonds. The summed E-state index contributed by atoms with van der Waals surface area (Å²) in [6.45, 7) is 4.31. The average Bonchev–Trinajstić information content (AvgIpc) is 2.67. The summed E-state index contributed by atoms with van der Waals surface area (Å²) >= 11 is 0. The maximum Gasteiger partial charge on any atom is 0.265 e. The Morgan fingerprint density at radius 1 is 1.00 bits per heavy atom. The summed E-state index contributed by atoms with van der Waals surface area (Å²) in [6, 6.07) is 10.5. The number of hydrogen-bond acceptors (Lipinski definition) is 5. The molecule has 0 radical (unpaired) electrons. The van der Waals surface area contributed by atoms with Gasteiger partial charge in [0.2, 0.25) is 5.91 Å². The van der Waals surface area contributed by atoms with E-state index < -0.39 is 11.9 Å². The molecule has 1 atom stereocenters. The lowest BCUT2D eigenvalue weighted by molar-refractivity contribution is -0.125. The maximum atomic E-state index is 12.7. The molecule has 1 unspecified atom stereocenters. The normalized spacial score (nSPS) is 14.0. The van der Waals surface area contributed by atoms with E-state index in [0.717, 1.165) is 0 Å². The second kappa shape index (κ2) is 7.64. The van der Waals surface area contributed by atoms with Crippen LogP contribution in [-0.4, -0.2) is 36.0 Å². The Bertz CT molecular complexity index is 965. The molecule has 0 bridgehead atoms. The first-order valence-electron chi connectivity index (χ1n) is 8.79. The highest BCUT2D eigenvalue weighted by Gasteiger charge is 2.33. The molecule has 1 N–H and O–H groups in total. The van der Waals surface area contributed by atoms with Crippen molar-refractivity contribution in [1.82, 2.24) is 0 Å². The lowest BCUT2D eigenvalue weighted by atomic mass is 10.1. The van der Waals surface area contributed by atoms with E-state index in [9.17, 15) is 19.2 Å². The van der Waals surface area contributed by atoms with E-state index in [1.807, 2.05) is 0 Å². The van der Waals surface area contributed by atoms with Crippen LogP contribution >= 0.6 is 0 Å². The summed E-state index contributed by atoms with van der Waals surface area (Å²) in [7, 11) is 0. The molecule has 0 saturated heterocycles. The average molecular weight is 380 g/mol. The van der Waals surface area contributed by atoms with Gasteiger partial charge in [0.1, 0.15) is 11.8 Å². The van der Waals surface area contributed by atoms with E-state index in [1.54, 1.807) is 49.4 Å². The van der Waals surface area contributed by atoms with E-state index in [1.165, 1.54) is 18.7 Å². The van der Waals surface area contributed by atoms with Crippen molar-refractivity contribution in [3.8, 4) is 5.75 Å². The lowest BCUT2D eigenvalue weighted by Gasteiger charge is -2.33. The number of Topliss-reactive ketones (excluding diaryl/α,β-unsaturated/α-hetero) is 2. The Labute approximate surface area is 162 Å². The van der Waals surface area contributed by atoms with Gasteiger partial charge in [0.15, 0.2) is 18.2 Å². The molecular weight excluding hydrogens is 360 g/mol. The Kier molecular flexibility index (Phi) is 5.26. The second-order valence-electron chi connectivity index (χ2n) is 6.59. The Morgan fingerprint density at radius 3 is 2.21 bits per heavy atom. The molecule has 0 aromatic heterocycles. The molecule has 0 aliphatic carbocycles. The van der Waals surface area contributed by atoms with E-state index >= 15 is 0 Å². The van der Waals surface area contributed by atoms with Crippen LogP contribution in [0.3, 0.4) is 0 Å². The SMILES string of the molecule is CC(=O)c1ccc(NC(=O)C(C)N2C(=O)COc3ccc(C(C)=O)cc32)cc1. The summed E-state index contributed by atoms with van der Waals surface area (Å²) in [5, 5.41) is 2.74. The third-order valence-corrected chi connectivity index (χ3v) is 4.57. The number of benzene rings is 2. The summed E-state index contributed by atoms with van der Waals surface area (Å²) in [5.74, 6) is -0.547. The highest BCUT2D eigenvalue weighted by atomic mass is 16.5. The van der Waals surface area contributed by atoms with Gasteiger partial charge in [-0.05, 0) is 63.2 Å². The van der Waals surface area contributed by atoms with Crippen LogP contribution in [0.5, 0.6) is 5.75 Å². The van der Waals surface area contributed by atoms with Crippen molar-refractivity contribution in [3.63, 3.8) is 0 Å². The number of hydrogen-bond donors (Lipinski definition) is 1. The van der Waals surface area contributed by atoms with Crippen molar-refractivity contribution in [2.45, 2.75) is 26.8 Å². The monoisotopic (exact) mass is 380 g/mol. The van der Waals surface area contributed by atoms with Crippen molar-refractivity contribution in [3.05, 3.63) is 53.6 Å². The van der Waals surface area contributed by atoms with Crippen molar-refractivity contribution >= 4 is 34.8 Å². The van der Waals surface area contributed by atoms with Gasteiger partial charge >= 0.3 is 0 Å². The molecule has 7 nitrogen and oxygen atoms in total. The smallest absolute Gasteiger partial charge is 0.265 e. The predicted molar refractivity (Wildman–Crippen MR) is 104 cm³/mol. The maximum absolute atomic E-state index is 12.7. The second-order valence-corrected chi connectivity index (χ2v) is 6.59. The minimum Gasteiger partial charge on any atom is -0.482 e. The molecule has 3 rings (SSSR count). The van der Waals surface area contributed by atoms with Crippen LogP contribution in [0.15, 0.2) is 42.5 Å². The van der Waals surface area contributed by atoms with Gasteiger partial charge in [-0.2, -0.15) is 0 Å². The van der Waals surface area contributed by atoms with Crippen LogP contribution < -0.4 is 15.0 Å². The number of nitrogens with one attached hydrogen (secondary N) is 1. The van der Waals surface area contributed by atoms with Crippen LogP contribution in [0.1, 0.15) is 41.5 Å². The number of amides is 2. The topological polar surface area (TPSA) is 92.8 Å². The first-order chi connectivity index (χ1) is 13.3. The van der Waals surface area contributed by atoms with Gasteiger partial charge in [0, 0.05) is 16.8 Å². The zero-order valence-electron chi connectivity index (χ0n) is 15.8. The van der Waals surface area contributed by atoms with Gasteiger partial charge in [-0.25, -0.2) is 0 Å². The quantitative estimate of drug-likeness (QED) is 0.805. The first kappa shape index (κ1) is 19.3. The van der Waals surface area contributed by atoms with Crippen molar-refractivity contribution in [2.24, 2.45) is 0 Å². The fourth-order valence-electron chi connectivity index (χ4n) is 2.97. The number of carbonyl (C=O) groups excluding carboxylic acids is 4. The molecular formula is C21H20N2O5. The van der Waals surface area contributed by atoms with Gasteiger partial charge in [0.05, 0.1) is 5.69 Å². The zero-order valence-corrected chi connectivity index (χ0v) is 15.8. The number of ketones is 2. The Balaban J connectivity index is 1.85. The van der Waals surface area contributed by atoms with Crippen LogP contribution in [0.2, 0.25) is 0 Å². The molecule has 7 heteroatoms. The molecule has 1 aliphatic heterocycles. The summed E-state index contributed by atoms with van der Waals surface area (Å²) in [4.78, 5) is 49.6. The highest BCUT2D eigenvalue weighted by molar-refractivity contribution is 6.08. The number of carbonyl (C=O) groups is 4. The zero-order chi connectivity index (χ0) is 20.4. The van der Waals surface area contributed by atoms with E-state index in [2.05, 4.69) is 5.32 Å². The molecule has 0 spiro atoms. The molecule has 2 aromatic rings. The lowest BCUT2D eigenvalue weighted by Crippen LogP contribution is -2.49. The molecule has 144 valence electrons. The largest absolute Gasteiger partial charge is 0.482 e.